The van der Waals surface area contributed by atoms with Crippen LogP contribution in [0.5, 0.6) is 0 Å². The molecule has 24 heavy (non-hydrogen) atoms. The Balaban J connectivity index is 2.64. The zero-order valence-corrected chi connectivity index (χ0v) is 15.1. The van der Waals surface area contributed by atoms with Crippen molar-refractivity contribution in [1.29, 1.82) is 0 Å². The molecule has 7 heteroatoms. The summed E-state index contributed by atoms with van der Waals surface area (Å²) in [5.41, 5.74) is 6.77. The average Bonchev–Trinajstić information content (AvgIpc) is 2.54. The molecule has 0 saturated carbocycles. The molecule has 0 fully saturated rings. The highest BCUT2D eigenvalue weighted by molar-refractivity contribution is 6.37. The Labute approximate surface area is 152 Å². The summed E-state index contributed by atoms with van der Waals surface area (Å²) in [4.78, 5) is 15.5. The molecule has 1 aromatic rings. The second-order valence-corrected chi connectivity index (χ2v) is 5.75. The smallest absolute Gasteiger partial charge is 0.219 e. The summed E-state index contributed by atoms with van der Waals surface area (Å²) in [5.74, 6) is 0.524. The van der Waals surface area contributed by atoms with Crippen LogP contribution in [-0.2, 0) is 4.79 Å². The monoisotopic (exact) mass is 368 g/mol. The van der Waals surface area contributed by atoms with Crippen LogP contribution >= 0.6 is 23.2 Å². The van der Waals surface area contributed by atoms with Crippen molar-refractivity contribution in [3.8, 4) is 0 Å². The van der Waals surface area contributed by atoms with Crippen LogP contribution in [0.25, 0.3) is 0 Å². The van der Waals surface area contributed by atoms with Gasteiger partial charge in [0.25, 0.3) is 0 Å². The molecule has 1 amide bonds. The maximum Gasteiger partial charge on any atom is 0.219 e. The summed E-state index contributed by atoms with van der Waals surface area (Å²) in [6, 6.07) is 5.15. The van der Waals surface area contributed by atoms with Gasteiger partial charge in [0, 0.05) is 30.1 Å². The molecule has 0 aromatic heterocycles. The molecule has 0 saturated heterocycles. The van der Waals surface area contributed by atoms with Gasteiger partial charge in [-0.05, 0) is 36.9 Å². The molecular weight excluding hydrogens is 347 g/mol. The van der Waals surface area contributed by atoms with Crippen LogP contribution in [0.4, 0.5) is 0 Å². The number of carbonyl (C=O) groups is 1. The third kappa shape index (κ3) is 7.06. The van der Waals surface area contributed by atoms with Crippen LogP contribution in [0.2, 0.25) is 10.0 Å². The van der Waals surface area contributed by atoms with E-state index in [1.807, 2.05) is 6.92 Å². The SMILES string of the molecule is C=C(/N=C(\C=C/N)c1ccc(Cl)cc1Cl)NCCCNC(=O)CC. The van der Waals surface area contributed by atoms with Gasteiger partial charge in [0.2, 0.25) is 5.91 Å². The predicted molar refractivity (Wildman–Crippen MR) is 101 cm³/mol. The molecular formula is C17H22Cl2N4O. The lowest BCUT2D eigenvalue weighted by atomic mass is 10.1. The highest BCUT2D eigenvalue weighted by Gasteiger charge is 2.07. The molecule has 1 aromatic carbocycles. The summed E-state index contributed by atoms with van der Waals surface area (Å²) in [7, 11) is 0. The number of carbonyl (C=O) groups excluding carboxylic acids is 1. The molecule has 0 radical (unpaired) electrons. The van der Waals surface area contributed by atoms with Crippen LogP contribution in [-0.4, -0.2) is 24.7 Å². The van der Waals surface area contributed by atoms with E-state index in [2.05, 4.69) is 22.2 Å². The van der Waals surface area contributed by atoms with Gasteiger partial charge in [-0.2, -0.15) is 0 Å². The fraction of sp³-hybridized carbons (Fsp3) is 0.294. The number of hydrogen-bond donors (Lipinski definition) is 3. The van der Waals surface area contributed by atoms with E-state index in [0.717, 1.165) is 6.42 Å². The predicted octanol–water partition coefficient (Wildman–Crippen LogP) is 3.23. The van der Waals surface area contributed by atoms with Gasteiger partial charge in [0.1, 0.15) is 5.82 Å². The zero-order chi connectivity index (χ0) is 17.9. The molecule has 1 rings (SSSR count). The quantitative estimate of drug-likeness (QED) is 0.462. The lowest BCUT2D eigenvalue weighted by molar-refractivity contribution is -0.120. The van der Waals surface area contributed by atoms with Crippen molar-refractivity contribution in [3.05, 3.63) is 58.5 Å². The van der Waals surface area contributed by atoms with Gasteiger partial charge in [0.05, 0.1) is 10.7 Å². The minimum absolute atomic E-state index is 0.0413. The molecule has 0 aliphatic heterocycles. The summed E-state index contributed by atoms with van der Waals surface area (Å²) in [5, 5.41) is 6.92. The van der Waals surface area contributed by atoms with Crippen molar-refractivity contribution in [1.82, 2.24) is 10.6 Å². The van der Waals surface area contributed by atoms with Crippen molar-refractivity contribution < 1.29 is 4.79 Å². The van der Waals surface area contributed by atoms with E-state index in [9.17, 15) is 4.79 Å². The number of nitrogens with two attached hydrogens (primary N) is 1. The van der Waals surface area contributed by atoms with Gasteiger partial charge in [-0.3, -0.25) is 4.79 Å². The first-order valence-corrected chi connectivity index (χ1v) is 8.35. The molecule has 0 heterocycles. The van der Waals surface area contributed by atoms with Gasteiger partial charge in [-0.1, -0.05) is 36.7 Å². The lowest BCUT2D eigenvalue weighted by Crippen LogP contribution is -2.26. The molecule has 4 N–H and O–H groups in total. The van der Waals surface area contributed by atoms with Gasteiger partial charge < -0.3 is 16.4 Å². The second kappa shape index (κ2) is 10.7. The Morgan fingerprint density at radius 3 is 2.67 bits per heavy atom. The largest absolute Gasteiger partial charge is 0.405 e. The lowest BCUT2D eigenvalue weighted by Gasteiger charge is -2.09. The van der Waals surface area contributed by atoms with Crippen molar-refractivity contribution in [2.45, 2.75) is 19.8 Å². The number of nitrogens with one attached hydrogen (secondary N) is 2. The molecule has 0 aliphatic rings. The first-order chi connectivity index (χ1) is 11.5. The molecule has 5 nitrogen and oxygen atoms in total. The minimum Gasteiger partial charge on any atom is -0.405 e. The standard InChI is InChI=1S/C17H22Cl2N4O/c1-3-17(24)22-10-4-9-21-12(2)23-16(7-8-20)14-6-5-13(18)11-15(14)19/h5-8,11,21H,2-4,9-10,20H2,1H3,(H,22,24)/b8-7-,23-16+. The van der Waals surface area contributed by atoms with Gasteiger partial charge >= 0.3 is 0 Å². The van der Waals surface area contributed by atoms with Crippen molar-refractivity contribution in [2.24, 2.45) is 10.7 Å². The van der Waals surface area contributed by atoms with Gasteiger partial charge in [-0.25, -0.2) is 4.99 Å². The van der Waals surface area contributed by atoms with E-state index >= 15 is 0 Å². The minimum atomic E-state index is 0.0413. The van der Waals surface area contributed by atoms with Gasteiger partial charge in [0.15, 0.2) is 0 Å². The number of rotatable bonds is 9. The second-order valence-electron chi connectivity index (χ2n) is 4.91. The average molecular weight is 369 g/mol. The Kier molecular flexibility index (Phi) is 8.97. The fourth-order valence-electron chi connectivity index (χ4n) is 1.83. The molecule has 130 valence electrons. The first-order valence-electron chi connectivity index (χ1n) is 7.59. The molecule has 0 spiro atoms. The summed E-state index contributed by atoms with van der Waals surface area (Å²) in [6.07, 6.45) is 4.28. The number of nitrogens with zero attached hydrogens (tertiary/aromatic N) is 1. The van der Waals surface area contributed by atoms with E-state index in [-0.39, 0.29) is 5.91 Å². The van der Waals surface area contributed by atoms with Crippen molar-refractivity contribution in [3.63, 3.8) is 0 Å². The molecule has 0 bridgehead atoms. The summed E-state index contributed by atoms with van der Waals surface area (Å²) >= 11 is 12.1. The zero-order valence-electron chi connectivity index (χ0n) is 13.6. The van der Waals surface area contributed by atoms with Crippen LogP contribution in [0.3, 0.4) is 0 Å². The van der Waals surface area contributed by atoms with E-state index < -0.39 is 0 Å². The Morgan fingerprint density at radius 2 is 2.04 bits per heavy atom. The van der Waals surface area contributed by atoms with Crippen LogP contribution in [0.1, 0.15) is 25.3 Å². The highest BCUT2D eigenvalue weighted by atomic mass is 35.5. The maximum atomic E-state index is 11.1. The van der Waals surface area contributed by atoms with Crippen LogP contribution < -0.4 is 16.4 Å². The summed E-state index contributed by atoms with van der Waals surface area (Å²) in [6.45, 7) is 6.93. The fourth-order valence-corrected chi connectivity index (χ4v) is 2.34. The Bertz CT molecular complexity index is 641. The Hall–Kier alpha value is -1.98. The van der Waals surface area contributed by atoms with Gasteiger partial charge in [-0.15, -0.1) is 0 Å². The first kappa shape index (κ1) is 20.1. The molecule has 0 atom stereocenters. The molecule has 0 unspecified atom stereocenters. The molecule has 0 aliphatic carbocycles. The maximum absolute atomic E-state index is 11.1. The van der Waals surface area contributed by atoms with Crippen LogP contribution in [0.15, 0.2) is 47.9 Å². The number of halogens is 2. The van der Waals surface area contributed by atoms with Crippen molar-refractivity contribution >= 4 is 34.8 Å². The number of amides is 1. The van der Waals surface area contributed by atoms with E-state index in [1.165, 1.54) is 6.20 Å². The third-order valence-electron chi connectivity index (χ3n) is 3.04. The Morgan fingerprint density at radius 1 is 1.33 bits per heavy atom. The van der Waals surface area contributed by atoms with E-state index in [4.69, 9.17) is 28.9 Å². The van der Waals surface area contributed by atoms with Crippen molar-refractivity contribution in [2.75, 3.05) is 13.1 Å². The number of hydrogen-bond acceptors (Lipinski definition) is 4. The van der Waals surface area contributed by atoms with Crippen LogP contribution in [0, 0.1) is 0 Å². The normalized spacial score (nSPS) is 11.5. The van der Waals surface area contributed by atoms with E-state index in [1.54, 1.807) is 24.3 Å². The summed E-state index contributed by atoms with van der Waals surface area (Å²) < 4.78 is 0. The number of aliphatic imine (C=N–C) groups is 1. The topological polar surface area (TPSA) is 79.5 Å². The number of allylic oxidation sites excluding steroid dienone is 1. The third-order valence-corrected chi connectivity index (χ3v) is 3.59. The van der Waals surface area contributed by atoms with E-state index in [0.29, 0.717) is 46.7 Å². The highest BCUT2D eigenvalue weighted by Crippen LogP contribution is 2.22. The number of benzene rings is 1.